The summed E-state index contributed by atoms with van der Waals surface area (Å²) in [4.78, 5) is 12.4. The SMILES string of the molecule is Cc1cccc(CC(=O)C2COc3ccccc3C2)c1. The van der Waals surface area contributed by atoms with Crippen LogP contribution in [0.2, 0.25) is 0 Å². The van der Waals surface area contributed by atoms with Crippen molar-refractivity contribution >= 4 is 5.78 Å². The monoisotopic (exact) mass is 266 g/mol. The molecular weight excluding hydrogens is 248 g/mol. The molecule has 2 nitrogen and oxygen atoms in total. The van der Waals surface area contributed by atoms with Crippen LogP contribution in [0.15, 0.2) is 48.5 Å². The van der Waals surface area contributed by atoms with E-state index < -0.39 is 0 Å². The molecule has 0 amide bonds. The number of para-hydroxylation sites is 1. The van der Waals surface area contributed by atoms with Crippen LogP contribution in [0.5, 0.6) is 5.75 Å². The molecule has 3 rings (SSSR count). The number of Topliss-reactive ketones (excluding diaryl/α,β-unsaturated/α-hetero) is 1. The predicted octanol–water partition coefficient (Wildman–Crippen LogP) is 3.36. The zero-order valence-corrected chi connectivity index (χ0v) is 11.6. The summed E-state index contributed by atoms with van der Waals surface area (Å²) < 4.78 is 5.70. The first-order valence-corrected chi connectivity index (χ1v) is 7.01. The van der Waals surface area contributed by atoms with Gasteiger partial charge < -0.3 is 4.74 Å². The van der Waals surface area contributed by atoms with Gasteiger partial charge in [0.05, 0.1) is 12.5 Å². The van der Waals surface area contributed by atoms with Crippen molar-refractivity contribution in [3.8, 4) is 5.75 Å². The summed E-state index contributed by atoms with van der Waals surface area (Å²) >= 11 is 0. The lowest BCUT2D eigenvalue weighted by Gasteiger charge is -2.24. The number of ether oxygens (including phenoxy) is 1. The average Bonchev–Trinajstić information content (AvgIpc) is 2.47. The minimum atomic E-state index is -0.0228. The molecule has 1 unspecified atom stereocenters. The van der Waals surface area contributed by atoms with Crippen LogP contribution in [-0.2, 0) is 17.6 Å². The molecule has 0 radical (unpaired) electrons. The molecule has 0 spiro atoms. The Labute approximate surface area is 119 Å². The Bertz CT molecular complexity index is 631. The molecule has 0 aromatic heterocycles. The molecule has 0 aliphatic carbocycles. The molecule has 1 atom stereocenters. The zero-order chi connectivity index (χ0) is 13.9. The molecule has 2 aromatic carbocycles. The van der Waals surface area contributed by atoms with E-state index in [1.807, 2.05) is 49.4 Å². The van der Waals surface area contributed by atoms with Gasteiger partial charge in [-0.15, -0.1) is 0 Å². The first-order valence-electron chi connectivity index (χ1n) is 7.01. The van der Waals surface area contributed by atoms with Gasteiger partial charge in [0.25, 0.3) is 0 Å². The summed E-state index contributed by atoms with van der Waals surface area (Å²) in [6.45, 7) is 2.55. The molecule has 1 heterocycles. The quantitative estimate of drug-likeness (QED) is 0.851. The summed E-state index contributed by atoms with van der Waals surface area (Å²) in [5, 5.41) is 0. The summed E-state index contributed by atoms with van der Waals surface area (Å²) in [6.07, 6.45) is 1.29. The summed E-state index contributed by atoms with van der Waals surface area (Å²) in [6, 6.07) is 16.1. The number of aryl methyl sites for hydroxylation is 1. The number of carbonyl (C=O) groups excluding carboxylic acids is 1. The van der Waals surface area contributed by atoms with Crippen LogP contribution in [0.4, 0.5) is 0 Å². The van der Waals surface area contributed by atoms with E-state index >= 15 is 0 Å². The highest BCUT2D eigenvalue weighted by Gasteiger charge is 2.25. The van der Waals surface area contributed by atoms with Crippen LogP contribution < -0.4 is 4.74 Å². The van der Waals surface area contributed by atoms with E-state index in [1.54, 1.807) is 0 Å². The van der Waals surface area contributed by atoms with Crippen LogP contribution in [0.1, 0.15) is 16.7 Å². The summed E-state index contributed by atoms with van der Waals surface area (Å²) in [5.41, 5.74) is 3.43. The molecule has 0 N–H and O–H groups in total. The van der Waals surface area contributed by atoms with Crippen LogP contribution >= 0.6 is 0 Å². The van der Waals surface area contributed by atoms with Crippen molar-refractivity contribution in [2.24, 2.45) is 5.92 Å². The van der Waals surface area contributed by atoms with Gasteiger partial charge in [0.15, 0.2) is 0 Å². The molecule has 0 fully saturated rings. The van der Waals surface area contributed by atoms with E-state index in [1.165, 1.54) is 5.56 Å². The number of ketones is 1. The van der Waals surface area contributed by atoms with Gasteiger partial charge in [0.1, 0.15) is 11.5 Å². The van der Waals surface area contributed by atoms with Crippen LogP contribution in [0.3, 0.4) is 0 Å². The normalized spacial score (nSPS) is 17.1. The summed E-state index contributed by atoms with van der Waals surface area (Å²) in [5.74, 6) is 1.17. The number of carbonyl (C=O) groups is 1. The Kier molecular flexibility index (Phi) is 3.55. The van der Waals surface area contributed by atoms with E-state index in [9.17, 15) is 4.79 Å². The highest BCUT2D eigenvalue weighted by molar-refractivity contribution is 5.84. The Morgan fingerprint density at radius 3 is 2.90 bits per heavy atom. The molecule has 102 valence electrons. The van der Waals surface area contributed by atoms with E-state index in [4.69, 9.17) is 4.74 Å². The molecule has 20 heavy (non-hydrogen) atoms. The number of benzene rings is 2. The van der Waals surface area contributed by atoms with E-state index in [0.717, 1.165) is 23.3 Å². The minimum absolute atomic E-state index is 0.0228. The van der Waals surface area contributed by atoms with Crippen LogP contribution in [0.25, 0.3) is 0 Å². The lowest BCUT2D eigenvalue weighted by atomic mass is 9.90. The first-order chi connectivity index (χ1) is 9.72. The Morgan fingerprint density at radius 1 is 1.20 bits per heavy atom. The fourth-order valence-electron chi connectivity index (χ4n) is 2.70. The topological polar surface area (TPSA) is 26.3 Å². The first kappa shape index (κ1) is 12.9. The predicted molar refractivity (Wildman–Crippen MR) is 79.0 cm³/mol. The molecule has 0 saturated heterocycles. The number of hydrogen-bond donors (Lipinski definition) is 0. The third-order valence-electron chi connectivity index (χ3n) is 3.80. The molecular formula is C18H18O2. The lowest BCUT2D eigenvalue weighted by Crippen LogP contribution is -2.29. The van der Waals surface area contributed by atoms with Crippen molar-refractivity contribution in [2.45, 2.75) is 19.8 Å². The molecule has 2 heteroatoms. The van der Waals surface area contributed by atoms with Gasteiger partial charge in [0, 0.05) is 6.42 Å². The number of hydrogen-bond acceptors (Lipinski definition) is 2. The van der Waals surface area contributed by atoms with Gasteiger partial charge in [-0.25, -0.2) is 0 Å². The standard InChI is InChI=1S/C18H18O2/c1-13-5-4-6-14(9-13)10-17(19)16-11-15-7-2-3-8-18(15)20-12-16/h2-9,16H,10-12H2,1H3. The number of rotatable bonds is 3. The third-order valence-corrected chi connectivity index (χ3v) is 3.80. The Balaban J connectivity index is 1.70. The second-order valence-electron chi connectivity index (χ2n) is 5.45. The summed E-state index contributed by atoms with van der Waals surface area (Å²) in [7, 11) is 0. The van der Waals surface area contributed by atoms with Crippen molar-refractivity contribution in [1.29, 1.82) is 0 Å². The van der Waals surface area contributed by atoms with Crippen LogP contribution in [0, 0.1) is 12.8 Å². The fraction of sp³-hybridized carbons (Fsp3) is 0.278. The minimum Gasteiger partial charge on any atom is -0.493 e. The van der Waals surface area contributed by atoms with E-state index in [2.05, 4.69) is 6.07 Å². The molecule has 0 bridgehead atoms. The average molecular weight is 266 g/mol. The number of fused-ring (bicyclic) bond motifs is 1. The van der Waals surface area contributed by atoms with Crippen molar-refractivity contribution in [1.82, 2.24) is 0 Å². The zero-order valence-electron chi connectivity index (χ0n) is 11.6. The Hall–Kier alpha value is -2.09. The second kappa shape index (κ2) is 5.49. The largest absolute Gasteiger partial charge is 0.493 e. The fourth-order valence-corrected chi connectivity index (χ4v) is 2.70. The van der Waals surface area contributed by atoms with Crippen molar-refractivity contribution in [3.05, 3.63) is 65.2 Å². The van der Waals surface area contributed by atoms with Gasteiger partial charge in [-0.05, 0) is 30.5 Å². The molecule has 1 aliphatic rings. The smallest absolute Gasteiger partial charge is 0.144 e. The van der Waals surface area contributed by atoms with Gasteiger partial charge in [-0.1, -0.05) is 48.0 Å². The Morgan fingerprint density at radius 2 is 2.05 bits per heavy atom. The maximum atomic E-state index is 12.4. The van der Waals surface area contributed by atoms with Gasteiger partial charge >= 0.3 is 0 Å². The van der Waals surface area contributed by atoms with E-state index in [-0.39, 0.29) is 11.7 Å². The van der Waals surface area contributed by atoms with Crippen LogP contribution in [-0.4, -0.2) is 12.4 Å². The van der Waals surface area contributed by atoms with Crippen molar-refractivity contribution in [3.63, 3.8) is 0 Å². The molecule has 1 aliphatic heterocycles. The maximum absolute atomic E-state index is 12.4. The van der Waals surface area contributed by atoms with Gasteiger partial charge in [0.2, 0.25) is 0 Å². The van der Waals surface area contributed by atoms with Gasteiger partial charge in [-0.3, -0.25) is 4.79 Å². The molecule has 2 aromatic rings. The lowest BCUT2D eigenvalue weighted by molar-refractivity contribution is -0.123. The van der Waals surface area contributed by atoms with Gasteiger partial charge in [-0.2, -0.15) is 0 Å². The highest BCUT2D eigenvalue weighted by atomic mass is 16.5. The highest BCUT2D eigenvalue weighted by Crippen LogP contribution is 2.27. The van der Waals surface area contributed by atoms with Crippen molar-refractivity contribution in [2.75, 3.05) is 6.61 Å². The third kappa shape index (κ3) is 2.74. The second-order valence-corrected chi connectivity index (χ2v) is 5.45. The molecule has 0 saturated carbocycles. The van der Waals surface area contributed by atoms with Crippen molar-refractivity contribution < 1.29 is 9.53 Å². The van der Waals surface area contributed by atoms with E-state index in [0.29, 0.717) is 13.0 Å². The maximum Gasteiger partial charge on any atom is 0.144 e.